The van der Waals surface area contributed by atoms with Crippen LogP contribution in [0, 0.1) is 0 Å². The normalized spacial score (nSPS) is 10.3. The van der Waals surface area contributed by atoms with Crippen molar-refractivity contribution in [1.29, 1.82) is 0 Å². The molecule has 22 heavy (non-hydrogen) atoms. The number of nitrogens with one attached hydrogen (secondary N) is 2. The quantitative estimate of drug-likeness (QED) is 0.799. The van der Waals surface area contributed by atoms with Crippen molar-refractivity contribution in [2.24, 2.45) is 0 Å². The first-order chi connectivity index (χ1) is 10.6. The van der Waals surface area contributed by atoms with E-state index in [0.29, 0.717) is 30.3 Å². The topological polar surface area (TPSA) is 84.2 Å². The molecule has 2 amide bonds. The maximum absolute atomic E-state index is 11.9. The number of aromatic nitrogens is 1. The molecule has 0 bridgehead atoms. The molecule has 0 saturated heterocycles. The molecule has 0 aliphatic rings. The van der Waals surface area contributed by atoms with Crippen LogP contribution in [0.15, 0.2) is 34.9 Å². The Bertz CT molecular complexity index is 670. The third-order valence-corrected chi connectivity index (χ3v) is 3.10. The predicted molar refractivity (Wildman–Crippen MR) is 82.6 cm³/mol. The SMILES string of the molecule is CC(=O)NCCCNC(=O)c1cc(-c2cccc(Cl)c2)on1. The minimum Gasteiger partial charge on any atom is -0.356 e. The molecule has 0 radical (unpaired) electrons. The molecule has 6 nitrogen and oxygen atoms in total. The molecule has 0 atom stereocenters. The monoisotopic (exact) mass is 321 g/mol. The molecule has 116 valence electrons. The Morgan fingerprint density at radius 2 is 2.00 bits per heavy atom. The summed E-state index contributed by atoms with van der Waals surface area (Å²) >= 11 is 5.91. The number of hydrogen-bond donors (Lipinski definition) is 2. The fraction of sp³-hybridized carbons (Fsp3) is 0.267. The summed E-state index contributed by atoms with van der Waals surface area (Å²) in [6.45, 7) is 2.41. The average Bonchev–Trinajstić information content (AvgIpc) is 2.96. The minimum atomic E-state index is -0.320. The lowest BCUT2D eigenvalue weighted by molar-refractivity contribution is -0.118. The van der Waals surface area contributed by atoms with Crippen LogP contribution in [0.25, 0.3) is 11.3 Å². The van der Waals surface area contributed by atoms with Gasteiger partial charge in [0, 0.05) is 36.7 Å². The number of benzene rings is 1. The summed E-state index contributed by atoms with van der Waals surface area (Å²) in [4.78, 5) is 22.6. The second-order valence-corrected chi connectivity index (χ2v) is 5.12. The van der Waals surface area contributed by atoms with E-state index in [1.165, 1.54) is 6.92 Å². The largest absolute Gasteiger partial charge is 0.356 e. The standard InChI is InChI=1S/C15H16ClN3O3/c1-10(20)17-6-3-7-18-15(21)13-9-14(22-19-13)11-4-2-5-12(16)8-11/h2,4-5,8-9H,3,6-7H2,1H3,(H,17,20)(H,18,21). The third kappa shape index (κ3) is 4.60. The first-order valence-electron chi connectivity index (χ1n) is 6.81. The summed E-state index contributed by atoms with van der Waals surface area (Å²) < 4.78 is 5.16. The van der Waals surface area contributed by atoms with Crippen LogP contribution in [0.3, 0.4) is 0 Å². The van der Waals surface area contributed by atoms with Crippen LogP contribution in [-0.2, 0) is 4.79 Å². The zero-order chi connectivity index (χ0) is 15.9. The van der Waals surface area contributed by atoms with Crippen molar-refractivity contribution >= 4 is 23.4 Å². The van der Waals surface area contributed by atoms with E-state index in [9.17, 15) is 9.59 Å². The zero-order valence-corrected chi connectivity index (χ0v) is 12.8. The van der Waals surface area contributed by atoms with Gasteiger partial charge in [-0.25, -0.2) is 0 Å². The van der Waals surface area contributed by atoms with Gasteiger partial charge in [-0.15, -0.1) is 0 Å². The number of halogens is 1. The number of nitrogens with zero attached hydrogens (tertiary/aromatic N) is 1. The highest BCUT2D eigenvalue weighted by atomic mass is 35.5. The van der Waals surface area contributed by atoms with Gasteiger partial charge in [-0.05, 0) is 18.6 Å². The van der Waals surface area contributed by atoms with E-state index >= 15 is 0 Å². The summed E-state index contributed by atoms with van der Waals surface area (Å²) in [7, 11) is 0. The molecule has 0 unspecified atom stereocenters. The molecule has 1 heterocycles. The fourth-order valence-electron chi connectivity index (χ4n) is 1.81. The Labute approximate surface area is 132 Å². The lowest BCUT2D eigenvalue weighted by Crippen LogP contribution is -2.28. The van der Waals surface area contributed by atoms with Crippen molar-refractivity contribution in [1.82, 2.24) is 15.8 Å². The summed E-state index contributed by atoms with van der Waals surface area (Å²) in [5.41, 5.74) is 0.958. The molecular weight excluding hydrogens is 306 g/mol. The Balaban J connectivity index is 1.88. The van der Waals surface area contributed by atoms with E-state index in [0.717, 1.165) is 5.56 Å². The molecule has 1 aromatic carbocycles. The lowest BCUT2D eigenvalue weighted by Gasteiger charge is -2.03. The van der Waals surface area contributed by atoms with Gasteiger partial charge in [-0.3, -0.25) is 9.59 Å². The minimum absolute atomic E-state index is 0.0889. The lowest BCUT2D eigenvalue weighted by atomic mass is 10.1. The Morgan fingerprint density at radius 1 is 1.23 bits per heavy atom. The van der Waals surface area contributed by atoms with Crippen molar-refractivity contribution in [2.75, 3.05) is 13.1 Å². The molecule has 7 heteroatoms. The van der Waals surface area contributed by atoms with Crippen molar-refractivity contribution < 1.29 is 14.1 Å². The highest BCUT2D eigenvalue weighted by Gasteiger charge is 2.13. The molecular formula is C15H16ClN3O3. The van der Waals surface area contributed by atoms with Crippen molar-refractivity contribution in [3.05, 3.63) is 41.0 Å². The number of carbonyl (C=O) groups excluding carboxylic acids is 2. The Hall–Kier alpha value is -2.34. The van der Waals surface area contributed by atoms with Crippen LogP contribution in [0.5, 0.6) is 0 Å². The van der Waals surface area contributed by atoms with E-state index in [1.807, 2.05) is 6.07 Å². The summed E-state index contributed by atoms with van der Waals surface area (Å²) in [5, 5.41) is 9.69. The van der Waals surface area contributed by atoms with Gasteiger partial charge in [0.2, 0.25) is 5.91 Å². The smallest absolute Gasteiger partial charge is 0.273 e. The summed E-state index contributed by atoms with van der Waals surface area (Å²) in [6, 6.07) is 8.67. The molecule has 0 fully saturated rings. The van der Waals surface area contributed by atoms with Crippen LogP contribution in [0.2, 0.25) is 5.02 Å². The fourth-order valence-corrected chi connectivity index (χ4v) is 2.00. The summed E-state index contributed by atoms with van der Waals surface area (Å²) in [5.74, 6) is 0.0692. The second kappa shape index (κ2) is 7.61. The van der Waals surface area contributed by atoms with Crippen molar-refractivity contribution in [3.8, 4) is 11.3 Å². The van der Waals surface area contributed by atoms with Gasteiger partial charge in [0.05, 0.1) is 0 Å². The van der Waals surface area contributed by atoms with Gasteiger partial charge in [0.1, 0.15) is 0 Å². The summed E-state index contributed by atoms with van der Waals surface area (Å²) in [6.07, 6.45) is 0.643. The molecule has 1 aromatic heterocycles. The number of rotatable bonds is 6. The third-order valence-electron chi connectivity index (χ3n) is 2.86. The zero-order valence-electron chi connectivity index (χ0n) is 12.1. The second-order valence-electron chi connectivity index (χ2n) is 4.68. The molecule has 0 saturated carbocycles. The maximum Gasteiger partial charge on any atom is 0.273 e. The van der Waals surface area contributed by atoms with E-state index in [4.69, 9.17) is 16.1 Å². The van der Waals surface area contributed by atoms with Gasteiger partial charge in [0.25, 0.3) is 5.91 Å². The maximum atomic E-state index is 11.9. The Morgan fingerprint density at radius 3 is 2.73 bits per heavy atom. The van der Waals surface area contributed by atoms with Gasteiger partial charge in [0.15, 0.2) is 11.5 Å². The van der Waals surface area contributed by atoms with E-state index in [1.54, 1.807) is 24.3 Å². The Kier molecular flexibility index (Phi) is 5.55. The molecule has 0 aliphatic carbocycles. The first kappa shape index (κ1) is 16.0. The molecule has 2 N–H and O–H groups in total. The van der Waals surface area contributed by atoms with Crippen LogP contribution >= 0.6 is 11.6 Å². The molecule has 2 rings (SSSR count). The van der Waals surface area contributed by atoms with Crippen molar-refractivity contribution in [2.45, 2.75) is 13.3 Å². The van der Waals surface area contributed by atoms with Crippen molar-refractivity contribution in [3.63, 3.8) is 0 Å². The van der Waals surface area contributed by atoms with Crippen LogP contribution < -0.4 is 10.6 Å². The average molecular weight is 322 g/mol. The first-order valence-corrected chi connectivity index (χ1v) is 7.19. The van der Waals surface area contributed by atoms with E-state index < -0.39 is 0 Å². The van der Waals surface area contributed by atoms with E-state index in [2.05, 4.69) is 15.8 Å². The molecule has 0 spiro atoms. The van der Waals surface area contributed by atoms with E-state index in [-0.39, 0.29) is 17.5 Å². The highest BCUT2D eigenvalue weighted by molar-refractivity contribution is 6.30. The molecule has 2 aromatic rings. The predicted octanol–water partition coefficient (Wildman–Crippen LogP) is 2.25. The number of hydrogen-bond acceptors (Lipinski definition) is 4. The van der Waals surface area contributed by atoms with Crippen LogP contribution in [-0.4, -0.2) is 30.1 Å². The van der Waals surface area contributed by atoms with Gasteiger partial charge < -0.3 is 15.2 Å². The van der Waals surface area contributed by atoms with Crippen LogP contribution in [0.4, 0.5) is 0 Å². The number of carbonyl (C=O) groups is 2. The van der Waals surface area contributed by atoms with Gasteiger partial charge >= 0.3 is 0 Å². The number of amides is 2. The van der Waals surface area contributed by atoms with Crippen LogP contribution in [0.1, 0.15) is 23.8 Å². The highest BCUT2D eigenvalue weighted by Crippen LogP contribution is 2.23. The molecule has 0 aliphatic heterocycles. The van der Waals surface area contributed by atoms with Gasteiger partial charge in [-0.2, -0.15) is 0 Å². The van der Waals surface area contributed by atoms with Gasteiger partial charge in [-0.1, -0.05) is 28.9 Å².